The SMILES string of the molecule is CC1(C)CCCN(CCCOc2ccc(C3=CCN(C(=O)c4ccc(/C=C/C(=O)O)c5ccccc45)CC3)cc2)C1. The van der Waals surface area contributed by atoms with Crippen LogP contribution in [0.2, 0.25) is 0 Å². The molecule has 0 aromatic heterocycles. The maximum Gasteiger partial charge on any atom is 0.328 e. The number of hydrogen-bond donors (Lipinski definition) is 1. The molecular weight excluding hydrogens is 512 g/mol. The van der Waals surface area contributed by atoms with Crippen LogP contribution in [0.3, 0.4) is 0 Å². The molecule has 1 N–H and O–H groups in total. The van der Waals surface area contributed by atoms with Crippen molar-refractivity contribution in [2.24, 2.45) is 5.41 Å². The molecule has 41 heavy (non-hydrogen) atoms. The molecule has 0 atom stereocenters. The number of ether oxygens (including phenoxy) is 1. The van der Waals surface area contributed by atoms with Gasteiger partial charge >= 0.3 is 5.97 Å². The van der Waals surface area contributed by atoms with Crippen LogP contribution in [-0.4, -0.2) is 66.1 Å². The van der Waals surface area contributed by atoms with E-state index in [0.717, 1.165) is 54.2 Å². The molecule has 3 aromatic carbocycles. The quantitative estimate of drug-likeness (QED) is 0.235. The highest BCUT2D eigenvalue weighted by Crippen LogP contribution is 2.30. The fraction of sp³-hybridized carbons (Fsp3) is 0.371. The minimum Gasteiger partial charge on any atom is -0.494 e. The molecule has 1 saturated heterocycles. The Hall–Kier alpha value is -3.90. The van der Waals surface area contributed by atoms with Crippen LogP contribution in [0, 0.1) is 5.41 Å². The second kappa shape index (κ2) is 12.7. The highest BCUT2D eigenvalue weighted by molar-refractivity contribution is 6.09. The van der Waals surface area contributed by atoms with E-state index in [9.17, 15) is 9.59 Å². The number of fused-ring (bicyclic) bond motifs is 1. The lowest BCUT2D eigenvalue weighted by atomic mass is 9.84. The molecule has 2 aliphatic heterocycles. The van der Waals surface area contributed by atoms with E-state index < -0.39 is 5.97 Å². The van der Waals surface area contributed by atoms with E-state index in [-0.39, 0.29) is 5.91 Å². The summed E-state index contributed by atoms with van der Waals surface area (Å²) in [7, 11) is 0. The van der Waals surface area contributed by atoms with Gasteiger partial charge in [-0.2, -0.15) is 0 Å². The fourth-order valence-electron chi connectivity index (χ4n) is 6.08. The summed E-state index contributed by atoms with van der Waals surface area (Å²) >= 11 is 0. The minimum atomic E-state index is -1.00. The lowest BCUT2D eigenvalue weighted by Gasteiger charge is -2.38. The molecule has 0 unspecified atom stereocenters. The molecule has 0 spiro atoms. The van der Waals surface area contributed by atoms with Gasteiger partial charge in [-0.3, -0.25) is 4.79 Å². The Morgan fingerprint density at radius 2 is 1.78 bits per heavy atom. The number of carbonyl (C=O) groups excluding carboxylic acids is 1. The Balaban J connectivity index is 1.16. The number of carboxylic acids is 1. The molecule has 2 heterocycles. The van der Waals surface area contributed by atoms with Crippen molar-refractivity contribution < 1.29 is 19.4 Å². The van der Waals surface area contributed by atoms with Gasteiger partial charge in [-0.15, -0.1) is 0 Å². The van der Waals surface area contributed by atoms with E-state index in [1.807, 2.05) is 47.4 Å². The van der Waals surface area contributed by atoms with Crippen LogP contribution in [0.5, 0.6) is 5.75 Å². The Labute approximate surface area is 242 Å². The third-order valence-corrected chi connectivity index (χ3v) is 8.18. The zero-order chi connectivity index (χ0) is 28.8. The largest absolute Gasteiger partial charge is 0.494 e. The van der Waals surface area contributed by atoms with Crippen LogP contribution in [0.4, 0.5) is 0 Å². The lowest BCUT2D eigenvalue weighted by molar-refractivity contribution is -0.131. The number of piperidine rings is 1. The van der Waals surface area contributed by atoms with Crippen LogP contribution in [0.25, 0.3) is 22.4 Å². The number of amides is 1. The van der Waals surface area contributed by atoms with Crippen molar-refractivity contribution >= 4 is 34.3 Å². The summed E-state index contributed by atoms with van der Waals surface area (Å²) in [4.78, 5) is 28.9. The van der Waals surface area contributed by atoms with Crippen LogP contribution in [0.1, 0.15) is 61.0 Å². The monoisotopic (exact) mass is 552 g/mol. The van der Waals surface area contributed by atoms with Crippen molar-refractivity contribution in [3.63, 3.8) is 0 Å². The Morgan fingerprint density at radius 1 is 1.00 bits per heavy atom. The summed E-state index contributed by atoms with van der Waals surface area (Å²) in [6, 6.07) is 19.6. The van der Waals surface area contributed by atoms with Gasteiger partial charge in [-0.25, -0.2) is 4.79 Å². The van der Waals surface area contributed by atoms with Crippen molar-refractivity contribution in [1.29, 1.82) is 0 Å². The first-order valence-corrected chi connectivity index (χ1v) is 14.7. The molecule has 0 radical (unpaired) electrons. The number of hydrogen-bond acceptors (Lipinski definition) is 4. The summed E-state index contributed by atoms with van der Waals surface area (Å²) in [5, 5.41) is 10.7. The van der Waals surface area contributed by atoms with Crippen LogP contribution in [0.15, 0.2) is 72.8 Å². The molecule has 1 amide bonds. The smallest absolute Gasteiger partial charge is 0.328 e. The number of benzene rings is 3. The maximum atomic E-state index is 13.5. The molecule has 1 fully saturated rings. The Bertz CT molecular complexity index is 1450. The first-order chi connectivity index (χ1) is 19.8. The molecule has 3 aromatic rings. The normalized spacial score (nSPS) is 17.5. The highest BCUT2D eigenvalue weighted by atomic mass is 16.5. The standard InChI is InChI=1S/C35H40N2O4/c1-35(2)19-5-20-36(25-35)21-6-24-41-29-13-9-26(10-14-29)27-17-22-37(23-18-27)34(40)32-15-11-28(12-16-33(38)39)30-7-3-4-8-31(30)32/h3-4,7-17H,5-6,18-25H2,1-2H3,(H,38,39)/b16-12+. The first-order valence-electron chi connectivity index (χ1n) is 14.7. The van der Waals surface area contributed by atoms with Crippen molar-refractivity contribution in [2.45, 2.75) is 39.5 Å². The lowest BCUT2D eigenvalue weighted by Crippen LogP contribution is -2.40. The third kappa shape index (κ3) is 7.25. The fourth-order valence-corrected chi connectivity index (χ4v) is 6.08. The average molecular weight is 553 g/mol. The Kier molecular flexibility index (Phi) is 8.89. The van der Waals surface area contributed by atoms with Gasteiger partial charge in [0.05, 0.1) is 6.61 Å². The van der Waals surface area contributed by atoms with E-state index in [2.05, 4.69) is 37.0 Å². The van der Waals surface area contributed by atoms with Gasteiger partial charge in [0.2, 0.25) is 0 Å². The van der Waals surface area contributed by atoms with Gasteiger partial charge in [0.1, 0.15) is 5.75 Å². The maximum absolute atomic E-state index is 13.5. The van der Waals surface area contributed by atoms with Gasteiger partial charge < -0.3 is 19.6 Å². The summed E-state index contributed by atoms with van der Waals surface area (Å²) in [5.41, 5.74) is 4.25. The molecule has 0 saturated carbocycles. The predicted molar refractivity (Wildman–Crippen MR) is 165 cm³/mol. The van der Waals surface area contributed by atoms with Crippen LogP contribution >= 0.6 is 0 Å². The van der Waals surface area contributed by atoms with Gasteiger partial charge in [0, 0.05) is 37.8 Å². The van der Waals surface area contributed by atoms with Crippen molar-refractivity contribution in [1.82, 2.24) is 9.80 Å². The van der Waals surface area contributed by atoms with Crippen molar-refractivity contribution in [3.05, 3.63) is 89.5 Å². The van der Waals surface area contributed by atoms with E-state index in [1.165, 1.54) is 37.1 Å². The molecule has 0 aliphatic carbocycles. The van der Waals surface area contributed by atoms with Gasteiger partial charge in [-0.05, 0) is 89.4 Å². The van der Waals surface area contributed by atoms with E-state index in [1.54, 1.807) is 12.1 Å². The van der Waals surface area contributed by atoms with Gasteiger partial charge in [0.25, 0.3) is 5.91 Å². The highest BCUT2D eigenvalue weighted by Gasteiger charge is 2.26. The summed E-state index contributed by atoms with van der Waals surface area (Å²) in [6.45, 7) is 10.1. The number of carbonyl (C=O) groups is 2. The van der Waals surface area contributed by atoms with E-state index in [4.69, 9.17) is 9.84 Å². The number of nitrogens with zero attached hydrogens (tertiary/aromatic N) is 2. The zero-order valence-corrected chi connectivity index (χ0v) is 24.1. The van der Waals surface area contributed by atoms with Crippen LogP contribution in [-0.2, 0) is 4.79 Å². The molecule has 5 rings (SSSR count). The second-order valence-electron chi connectivity index (χ2n) is 11.9. The number of likely N-dealkylation sites (tertiary alicyclic amines) is 1. The summed E-state index contributed by atoms with van der Waals surface area (Å²) in [5.74, 6) is -0.114. The average Bonchev–Trinajstić information content (AvgIpc) is 2.97. The molecular formula is C35H40N2O4. The van der Waals surface area contributed by atoms with Gasteiger partial charge in [-0.1, -0.05) is 62.4 Å². The molecule has 214 valence electrons. The van der Waals surface area contributed by atoms with Crippen molar-refractivity contribution in [3.8, 4) is 5.75 Å². The Morgan fingerprint density at radius 3 is 2.49 bits per heavy atom. The predicted octanol–water partition coefficient (Wildman–Crippen LogP) is 6.76. The molecule has 6 heteroatoms. The summed E-state index contributed by atoms with van der Waals surface area (Å²) in [6.07, 6.45) is 9.26. The molecule has 2 aliphatic rings. The van der Waals surface area contributed by atoms with Gasteiger partial charge in [0.15, 0.2) is 0 Å². The minimum absolute atomic E-state index is 0.0119. The third-order valence-electron chi connectivity index (χ3n) is 8.18. The number of carboxylic acid groups (broad SMARTS) is 1. The van der Waals surface area contributed by atoms with E-state index in [0.29, 0.717) is 24.1 Å². The van der Waals surface area contributed by atoms with Crippen LogP contribution < -0.4 is 4.74 Å². The number of rotatable bonds is 9. The van der Waals surface area contributed by atoms with Crippen molar-refractivity contribution in [2.75, 3.05) is 39.3 Å². The molecule has 6 nitrogen and oxygen atoms in total. The van der Waals surface area contributed by atoms with E-state index >= 15 is 0 Å². The topological polar surface area (TPSA) is 70.1 Å². The number of aliphatic carboxylic acids is 1. The molecule has 0 bridgehead atoms. The summed E-state index contributed by atoms with van der Waals surface area (Å²) < 4.78 is 6.03. The zero-order valence-electron chi connectivity index (χ0n) is 24.1. The first kappa shape index (κ1) is 28.6. The second-order valence-corrected chi connectivity index (χ2v) is 11.9.